The Kier molecular flexibility index (Phi) is 6.49. The molecule has 1 unspecified atom stereocenters. The molecule has 0 aromatic heterocycles. The molecule has 0 N–H and O–H groups in total. The van der Waals surface area contributed by atoms with Crippen LogP contribution in [0.15, 0.2) is 115 Å². The smallest absolute Gasteiger partial charge is 0.170 e. The van der Waals surface area contributed by atoms with Crippen molar-refractivity contribution >= 4 is 11.6 Å². The summed E-state index contributed by atoms with van der Waals surface area (Å²) in [5, 5.41) is 0. The highest BCUT2D eigenvalue weighted by molar-refractivity contribution is 6.02. The second-order valence-corrected chi connectivity index (χ2v) is 7.60. The third-order valence-electron chi connectivity index (χ3n) is 5.55. The highest BCUT2D eigenvalue weighted by atomic mass is 16.1. The molecule has 0 bridgehead atoms. The molecular formula is C29H24O2. The summed E-state index contributed by atoms with van der Waals surface area (Å²) < 4.78 is 0. The second kappa shape index (κ2) is 9.82. The van der Waals surface area contributed by atoms with E-state index in [2.05, 4.69) is 12.1 Å². The van der Waals surface area contributed by atoms with Crippen molar-refractivity contribution in [2.75, 3.05) is 0 Å². The summed E-state index contributed by atoms with van der Waals surface area (Å²) in [7, 11) is 0. The van der Waals surface area contributed by atoms with Gasteiger partial charge in [-0.25, -0.2) is 0 Å². The maximum Gasteiger partial charge on any atom is 0.170 e. The molecule has 0 spiro atoms. The topological polar surface area (TPSA) is 34.1 Å². The lowest BCUT2D eigenvalue weighted by atomic mass is 9.86. The molecule has 0 saturated heterocycles. The van der Waals surface area contributed by atoms with Crippen molar-refractivity contribution in [1.82, 2.24) is 0 Å². The van der Waals surface area contributed by atoms with E-state index in [-0.39, 0.29) is 17.5 Å². The molecule has 0 amide bonds. The minimum atomic E-state index is -0.337. The normalized spacial score (nSPS) is 11.6. The van der Waals surface area contributed by atoms with E-state index in [0.717, 1.165) is 16.7 Å². The summed E-state index contributed by atoms with van der Waals surface area (Å²) in [6.45, 7) is 0. The quantitative estimate of drug-likeness (QED) is 0.297. The molecule has 0 aliphatic heterocycles. The number of Topliss-reactive ketones (excluding diaryl/α,β-unsaturated/α-hetero) is 2. The zero-order valence-corrected chi connectivity index (χ0v) is 17.3. The van der Waals surface area contributed by atoms with Crippen LogP contribution in [0.25, 0.3) is 11.1 Å². The third-order valence-corrected chi connectivity index (χ3v) is 5.55. The first-order chi connectivity index (χ1) is 15.2. The van der Waals surface area contributed by atoms with Crippen LogP contribution >= 0.6 is 0 Å². The Labute approximate surface area is 183 Å². The lowest BCUT2D eigenvalue weighted by molar-refractivity contribution is 0.0936. The van der Waals surface area contributed by atoms with Crippen molar-refractivity contribution in [3.05, 3.63) is 132 Å². The Morgan fingerprint density at radius 1 is 0.548 bits per heavy atom. The van der Waals surface area contributed by atoms with Crippen molar-refractivity contribution < 1.29 is 9.59 Å². The molecule has 1 atom stereocenters. The summed E-state index contributed by atoms with van der Waals surface area (Å²) >= 11 is 0. The van der Waals surface area contributed by atoms with Gasteiger partial charge in [-0.1, -0.05) is 115 Å². The van der Waals surface area contributed by atoms with E-state index in [9.17, 15) is 9.59 Å². The van der Waals surface area contributed by atoms with Crippen LogP contribution in [0, 0.1) is 0 Å². The lowest BCUT2D eigenvalue weighted by Crippen LogP contribution is -2.15. The van der Waals surface area contributed by atoms with E-state index in [1.807, 2.05) is 103 Å². The van der Waals surface area contributed by atoms with Gasteiger partial charge in [0, 0.05) is 23.5 Å². The summed E-state index contributed by atoms with van der Waals surface area (Å²) in [6.07, 6.45) is 0.805. The zero-order valence-electron chi connectivity index (χ0n) is 17.3. The van der Waals surface area contributed by atoms with Gasteiger partial charge in [0.25, 0.3) is 0 Å². The van der Waals surface area contributed by atoms with E-state index < -0.39 is 0 Å². The molecule has 31 heavy (non-hydrogen) atoms. The fraction of sp³-hybridized carbons (Fsp3) is 0.103. The van der Waals surface area contributed by atoms with Gasteiger partial charge in [0.15, 0.2) is 11.6 Å². The lowest BCUT2D eigenvalue weighted by Gasteiger charge is -2.16. The van der Waals surface area contributed by atoms with E-state index in [1.165, 1.54) is 0 Å². The summed E-state index contributed by atoms with van der Waals surface area (Å²) in [4.78, 5) is 26.1. The van der Waals surface area contributed by atoms with E-state index in [4.69, 9.17) is 0 Å². The first kappa shape index (κ1) is 20.5. The number of hydrogen-bond donors (Lipinski definition) is 0. The van der Waals surface area contributed by atoms with Crippen LogP contribution in [0.2, 0.25) is 0 Å². The van der Waals surface area contributed by atoms with Gasteiger partial charge < -0.3 is 0 Å². The molecule has 0 fully saturated rings. The molecule has 4 aromatic rings. The molecule has 0 heterocycles. The van der Waals surface area contributed by atoms with Crippen molar-refractivity contribution in [2.45, 2.75) is 18.8 Å². The summed E-state index contributed by atoms with van der Waals surface area (Å²) in [6, 6.07) is 36.8. The van der Waals surface area contributed by atoms with Gasteiger partial charge in [-0.2, -0.15) is 0 Å². The van der Waals surface area contributed by atoms with E-state index in [1.54, 1.807) is 0 Å². The van der Waals surface area contributed by atoms with Crippen LogP contribution < -0.4 is 0 Å². The second-order valence-electron chi connectivity index (χ2n) is 7.60. The van der Waals surface area contributed by atoms with Gasteiger partial charge in [-0.3, -0.25) is 9.59 Å². The molecule has 0 radical (unpaired) electrons. The predicted octanol–water partition coefficient (Wildman–Crippen LogP) is 6.98. The number of ketones is 2. The van der Waals surface area contributed by atoms with Gasteiger partial charge >= 0.3 is 0 Å². The van der Waals surface area contributed by atoms with Crippen LogP contribution in [0.3, 0.4) is 0 Å². The Hall–Kier alpha value is -3.78. The van der Waals surface area contributed by atoms with E-state index >= 15 is 0 Å². The molecule has 4 rings (SSSR count). The summed E-state index contributed by atoms with van der Waals surface area (Å²) in [5.41, 5.74) is 4.51. The molecule has 2 nitrogen and oxygen atoms in total. The molecule has 4 aromatic carbocycles. The molecule has 2 heteroatoms. The molecule has 0 aliphatic carbocycles. The fourth-order valence-electron chi connectivity index (χ4n) is 3.84. The largest absolute Gasteiger partial charge is 0.294 e. The average molecular weight is 405 g/mol. The third kappa shape index (κ3) is 5.04. The van der Waals surface area contributed by atoms with Crippen molar-refractivity contribution in [3.8, 4) is 11.1 Å². The first-order valence-corrected chi connectivity index (χ1v) is 10.6. The molecule has 0 aliphatic rings. The molecular weight excluding hydrogens is 380 g/mol. The van der Waals surface area contributed by atoms with Crippen molar-refractivity contribution in [2.24, 2.45) is 0 Å². The van der Waals surface area contributed by atoms with Crippen molar-refractivity contribution in [3.63, 3.8) is 0 Å². The number of benzene rings is 4. The standard InChI is InChI=1S/C29H24O2/c30-28(25-18-16-23(17-19-25)22-10-4-1-5-11-22)21-20-27(24-12-6-2-7-13-24)29(31)26-14-8-3-9-15-26/h1-19,27H,20-21H2. The molecule has 152 valence electrons. The maximum absolute atomic E-state index is 13.2. The number of rotatable bonds is 8. The van der Waals surface area contributed by atoms with Crippen LogP contribution in [0.4, 0.5) is 0 Å². The maximum atomic E-state index is 13.2. The van der Waals surface area contributed by atoms with E-state index in [0.29, 0.717) is 24.0 Å². The Morgan fingerprint density at radius 2 is 1.06 bits per heavy atom. The van der Waals surface area contributed by atoms with Gasteiger partial charge in [-0.05, 0) is 23.1 Å². The monoisotopic (exact) mass is 404 g/mol. The van der Waals surface area contributed by atoms with Crippen LogP contribution in [0.1, 0.15) is 45.0 Å². The Bertz CT molecular complexity index is 1130. The van der Waals surface area contributed by atoms with Crippen LogP contribution in [-0.4, -0.2) is 11.6 Å². The Balaban J connectivity index is 1.49. The van der Waals surface area contributed by atoms with Gasteiger partial charge in [-0.15, -0.1) is 0 Å². The van der Waals surface area contributed by atoms with Crippen LogP contribution in [-0.2, 0) is 0 Å². The van der Waals surface area contributed by atoms with Gasteiger partial charge in [0.05, 0.1) is 0 Å². The number of hydrogen-bond acceptors (Lipinski definition) is 2. The van der Waals surface area contributed by atoms with Gasteiger partial charge in [0.1, 0.15) is 0 Å². The number of carbonyl (C=O) groups excluding carboxylic acids is 2. The predicted molar refractivity (Wildman–Crippen MR) is 125 cm³/mol. The summed E-state index contributed by atoms with van der Waals surface area (Å²) in [5.74, 6) is -0.225. The van der Waals surface area contributed by atoms with Crippen LogP contribution in [0.5, 0.6) is 0 Å². The molecule has 0 saturated carbocycles. The minimum Gasteiger partial charge on any atom is -0.294 e. The highest BCUT2D eigenvalue weighted by Crippen LogP contribution is 2.27. The Morgan fingerprint density at radius 3 is 1.68 bits per heavy atom. The minimum absolute atomic E-state index is 0.0547. The average Bonchev–Trinajstić information content (AvgIpc) is 2.86. The van der Waals surface area contributed by atoms with Crippen molar-refractivity contribution in [1.29, 1.82) is 0 Å². The fourth-order valence-corrected chi connectivity index (χ4v) is 3.84. The van der Waals surface area contributed by atoms with Gasteiger partial charge in [0.2, 0.25) is 0 Å². The SMILES string of the molecule is O=C(CCC(C(=O)c1ccccc1)c1ccccc1)c1ccc(-c2ccccc2)cc1. The zero-order chi connectivity index (χ0) is 21.5. The highest BCUT2D eigenvalue weighted by Gasteiger charge is 2.23. The first-order valence-electron chi connectivity index (χ1n) is 10.6. The number of carbonyl (C=O) groups is 2.